The van der Waals surface area contributed by atoms with Crippen molar-refractivity contribution in [1.29, 1.82) is 0 Å². The molecule has 0 fully saturated rings. The van der Waals surface area contributed by atoms with E-state index in [0.717, 1.165) is 25.7 Å². The predicted octanol–water partition coefficient (Wildman–Crippen LogP) is 8.41. The van der Waals surface area contributed by atoms with E-state index < -0.39 is 0 Å². The van der Waals surface area contributed by atoms with E-state index in [1.54, 1.807) is 13.0 Å². The van der Waals surface area contributed by atoms with Crippen LogP contribution in [0.2, 0.25) is 0 Å². The summed E-state index contributed by atoms with van der Waals surface area (Å²) in [6, 6.07) is 0. The Morgan fingerprint density at radius 1 is 0.778 bits per heavy atom. The fourth-order valence-electron chi connectivity index (χ4n) is 1.42. The summed E-state index contributed by atoms with van der Waals surface area (Å²) < 4.78 is 0. The third-order valence-electron chi connectivity index (χ3n) is 2.60. The van der Waals surface area contributed by atoms with Crippen LogP contribution in [0, 0.1) is 12.3 Å². The maximum Gasteiger partial charge on any atom is 0.133 e. The zero-order valence-electron chi connectivity index (χ0n) is 19.0. The molecular weight excluding hydrogens is 328 g/mol. The smallest absolute Gasteiger partial charge is 0.133 e. The van der Waals surface area contributed by atoms with E-state index >= 15 is 0 Å². The Morgan fingerprint density at radius 3 is 1.59 bits per heavy atom. The Hall–Kier alpha value is -2.07. The molecule has 0 amide bonds. The van der Waals surface area contributed by atoms with Crippen molar-refractivity contribution >= 4 is 5.78 Å². The molecule has 154 valence electrons. The van der Waals surface area contributed by atoms with Crippen molar-refractivity contribution in [2.24, 2.45) is 0 Å². The first-order valence-corrected chi connectivity index (χ1v) is 10.3. The molecule has 0 aliphatic heterocycles. The van der Waals surface area contributed by atoms with E-state index in [-0.39, 0.29) is 5.78 Å². The van der Waals surface area contributed by atoms with Gasteiger partial charge in [0.25, 0.3) is 0 Å². The highest BCUT2D eigenvalue weighted by molar-refractivity contribution is 5.76. The monoisotopic (exact) mass is 372 g/mol. The maximum absolute atomic E-state index is 10.3. The Balaban J connectivity index is -0.000000175. The van der Waals surface area contributed by atoms with Gasteiger partial charge >= 0.3 is 0 Å². The standard InChI is InChI=1S/C14H22.C8H10O.2C2H6/c1-3-5-7-9-11-13-14-12-10-8-6-4-2;1-3-4-5-6-7-8(2)9;2*1-2/h3,5-6,8-9,11-12,14H,4,7,10,13H2,1-2H3;1,5-6H,4,7H2,2H3;2*1-2H3/b5-3-,8-6-,11-9-,14-12-;6-5-;;. The van der Waals surface area contributed by atoms with Crippen LogP contribution in [0.1, 0.15) is 87.0 Å². The number of terminal acetylenes is 1. The quantitative estimate of drug-likeness (QED) is 0.278. The van der Waals surface area contributed by atoms with Gasteiger partial charge in [0.15, 0.2) is 0 Å². The van der Waals surface area contributed by atoms with Gasteiger partial charge in [-0.15, -0.1) is 12.3 Å². The van der Waals surface area contributed by atoms with Crippen LogP contribution in [0.25, 0.3) is 0 Å². The molecule has 0 aromatic carbocycles. The largest absolute Gasteiger partial charge is 0.300 e. The van der Waals surface area contributed by atoms with E-state index in [4.69, 9.17) is 6.42 Å². The number of hydrogen-bond acceptors (Lipinski definition) is 1. The first-order valence-electron chi connectivity index (χ1n) is 10.3. The molecule has 0 atom stereocenters. The van der Waals surface area contributed by atoms with Gasteiger partial charge in [-0.1, -0.05) is 95.4 Å². The lowest BCUT2D eigenvalue weighted by atomic mass is 10.2. The summed E-state index contributed by atoms with van der Waals surface area (Å²) in [5.74, 6) is 2.61. The average molecular weight is 373 g/mol. The molecule has 0 bridgehead atoms. The Bertz CT molecular complexity index is 439. The van der Waals surface area contributed by atoms with Gasteiger partial charge in [0.05, 0.1) is 0 Å². The summed E-state index contributed by atoms with van der Waals surface area (Å²) in [4.78, 5) is 10.3. The molecule has 0 N–H and O–H groups in total. The minimum absolute atomic E-state index is 0.170. The molecule has 0 spiro atoms. The molecule has 0 aromatic heterocycles. The fraction of sp³-hybridized carbons (Fsp3) is 0.500. The first kappa shape index (κ1) is 32.6. The van der Waals surface area contributed by atoms with Gasteiger partial charge in [-0.3, -0.25) is 4.79 Å². The van der Waals surface area contributed by atoms with Crippen molar-refractivity contribution in [2.45, 2.75) is 87.0 Å². The lowest BCUT2D eigenvalue weighted by Crippen LogP contribution is -1.83. The van der Waals surface area contributed by atoms with Crippen molar-refractivity contribution in [3.63, 3.8) is 0 Å². The molecule has 0 aliphatic carbocycles. The normalized spacial score (nSPS) is 10.3. The lowest BCUT2D eigenvalue weighted by molar-refractivity contribution is -0.116. The second kappa shape index (κ2) is 39.1. The third-order valence-corrected chi connectivity index (χ3v) is 2.60. The first-order chi connectivity index (χ1) is 13.2. The van der Waals surface area contributed by atoms with Gasteiger partial charge in [0.1, 0.15) is 5.78 Å². The molecule has 0 aliphatic rings. The van der Waals surface area contributed by atoms with E-state index in [1.807, 2.05) is 40.7 Å². The van der Waals surface area contributed by atoms with Crippen molar-refractivity contribution < 1.29 is 4.79 Å². The number of carbonyl (C=O) groups excluding carboxylic acids is 1. The van der Waals surface area contributed by atoms with Crippen molar-refractivity contribution in [3.05, 3.63) is 60.8 Å². The van der Waals surface area contributed by atoms with Crippen LogP contribution in [0.4, 0.5) is 0 Å². The van der Waals surface area contributed by atoms with Crippen LogP contribution in [-0.2, 0) is 4.79 Å². The summed E-state index contributed by atoms with van der Waals surface area (Å²) >= 11 is 0. The second-order valence-corrected chi connectivity index (χ2v) is 4.88. The zero-order chi connectivity index (χ0) is 21.6. The summed E-state index contributed by atoms with van der Waals surface area (Å²) in [5.41, 5.74) is 0. The summed E-state index contributed by atoms with van der Waals surface area (Å²) in [6.07, 6.45) is 31.5. The molecule has 0 aromatic rings. The van der Waals surface area contributed by atoms with Gasteiger partial charge in [-0.25, -0.2) is 0 Å². The van der Waals surface area contributed by atoms with E-state index in [2.05, 4.69) is 61.5 Å². The SMILES string of the molecule is C#CC/C=C\CC(C)=O.C/C=C\C/C=C\C/C=C\C/C=C\CC.CC.CC. The van der Waals surface area contributed by atoms with Crippen LogP contribution in [0.15, 0.2) is 60.8 Å². The minimum atomic E-state index is 0.170. The molecule has 0 saturated carbocycles. The Kier molecular flexibility index (Phi) is 47.2. The van der Waals surface area contributed by atoms with Gasteiger partial charge in [0, 0.05) is 12.8 Å². The van der Waals surface area contributed by atoms with Crippen LogP contribution < -0.4 is 0 Å². The highest BCUT2D eigenvalue weighted by Gasteiger charge is 1.83. The van der Waals surface area contributed by atoms with Crippen LogP contribution in [0.3, 0.4) is 0 Å². The predicted molar refractivity (Wildman–Crippen MR) is 127 cm³/mol. The highest BCUT2D eigenvalue weighted by atomic mass is 16.1. The van der Waals surface area contributed by atoms with Crippen LogP contribution in [-0.4, -0.2) is 5.78 Å². The van der Waals surface area contributed by atoms with Gasteiger partial charge in [-0.2, -0.15) is 0 Å². The van der Waals surface area contributed by atoms with E-state index in [9.17, 15) is 4.79 Å². The van der Waals surface area contributed by atoms with Crippen LogP contribution in [0.5, 0.6) is 0 Å². The number of carbonyl (C=O) groups is 1. The molecular formula is C26H44O. The average Bonchev–Trinajstić information content (AvgIpc) is 2.70. The van der Waals surface area contributed by atoms with Gasteiger partial charge in [-0.05, 0) is 39.5 Å². The molecule has 0 unspecified atom stereocenters. The zero-order valence-corrected chi connectivity index (χ0v) is 19.0. The topological polar surface area (TPSA) is 17.1 Å². The van der Waals surface area contributed by atoms with Crippen molar-refractivity contribution in [2.75, 3.05) is 0 Å². The van der Waals surface area contributed by atoms with E-state index in [1.165, 1.54) is 0 Å². The lowest BCUT2D eigenvalue weighted by Gasteiger charge is -1.83. The van der Waals surface area contributed by atoms with Crippen molar-refractivity contribution in [1.82, 2.24) is 0 Å². The Morgan fingerprint density at radius 2 is 1.22 bits per heavy atom. The molecule has 1 nitrogen and oxygen atoms in total. The highest BCUT2D eigenvalue weighted by Crippen LogP contribution is 1.93. The van der Waals surface area contributed by atoms with Crippen LogP contribution >= 0.6 is 0 Å². The third kappa shape index (κ3) is 51.6. The molecule has 0 radical (unpaired) electrons. The number of rotatable bonds is 10. The summed E-state index contributed by atoms with van der Waals surface area (Å²) in [5, 5.41) is 0. The molecule has 0 rings (SSSR count). The molecule has 1 heteroatoms. The van der Waals surface area contributed by atoms with E-state index in [0.29, 0.717) is 12.8 Å². The summed E-state index contributed by atoms with van der Waals surface area (Å²) in [7, 11) is 0. The summed E-state index contributed by atoms with van der Waals surface area (Å²) in [6.45, 7) is 13.8. The second-order valence-electron chi connectivity index (χ2n) is 4.88. The molecule has 0 saturated heterocycles. The maximum atomic E-state index is 10.3. The van der Waals surface area contributed by atoms with Crippen molar-refractivity contribution in [3.8, 4) is 12.3 Å². The molecule has 27 heavy (non-hydrogen) atoms. The van der Waals surface area contributed by atoms with Gasteiger partial charge in [0.2, 0.25) is 0 Å². The number of Topliss-reactive ketones (excluding diaryl/α,β-unsaturated/α-hetero) is 1. The fourth-order valence-corrected chi connectivity index (χ4v) is 1.42. The molecule has 0 heterocycles. The number of ketones is 1. The number of hydrogen-bond donors (Lipinski definition) is 0. The number of allylic oxidation sites excluding steroid dienone is 10. The Labute approximate surface area is 171 Å². The minimum Gasteiger partial charge on any atom is -0.300 e. The van der Waals surface area contributed by atoms with Gasteiger partial charge < -0.3 is 0 Å².